The Kier molecular flexibility index (Phi) is 7.40. The maximum atomic E-state index is 12.7. The summed E-state index contributed by atoms with van der Waals surface area (Å²) in [7, 11) is 1.26. The number of ether oxygens (including phenoxy) is 4. The summed E-state index contributed by atoms with van der Waals surface area (Å²) >= 11 is 0. The zero-order valence-corrected chi connectivity index (χ0v) is 19.2. The van der Waals surface area contributed by atoms with E-state index in [9.17, 15) is 14.4 Å². The van der Waals surface area contributed by atoms with Gasteiger partial charge in [-0.2, -0.15) is 4.90 Å². The lowest BCUT2D eigenvalue weighted by molar-refractivity contribution is 0.0429. The quantitative estimate of drug-likeness (QED) is 0.486. The van der Waals surface area contributed by atoms with Crippen LogP contribution in [0.5, 0.6) is 11.6 Å². The summed E-state index contributed by atoms with van der Waals surface area (Å²) in [6.07, 6.45) is 2.19. The fraction of sp³-hybridized carbons (Fsp3) is 0.409. The maximum absolute atomic E-state index is 12.7. The minimum absolute atomic E-state index is 0.127. The number of rotatable bonds is 4. The van der Waals surface area contributed by atoms with Gasteiger partial charge in [0.25, 0.3) is 0 Å². The van der Waals surface area contributed by atoms with E-state index < -0.39 is 29.4 Å². The number of amides is 2. The van der Waals surface area contributed by atoms with E-state index in [0.717, 1.165) is 4.90 Å². The fourth-order valence-electron chi connectivity index (χ4n) is 2.29. The summed E-state index contributed by atoms with van der Waals surface area (Å²) in [6, 6.07) is 4.35. The number of methoxy groups -OCH3 is 1. The zero-order valence-electron chi connectivity index (χ0n) is 19.2. The lowest BCUT2D eigenvalue weighted by atomic mass is 10.2. The molecule has 0 aliphatic carbocycles. The molecule has 0 saturated heterocycles. The average Bonchev–Trinajstić information content (AvgIpc) is 2.66. The summed E-state index contributed by atoms with van der Waals surface area (Å²) in [5.74, 6) is -0.160. The van der Waals surface area contributed by atoms with Crippen LogP contribution in [-0.4, -0.2) is 46.4 Å². The molecule has 10 heteroatoms. The molecule has 32 heavy (non-hydrogen) atoms. The minimum Gasteiger partial charge on any atom is -0.465 e. The Balaban J connectivity index is 2.27. The van der Waals surface area contributed by atoms with Crippen LogP contribution in [-0.2, 0) is 14.2 Å². The molecule has 2 aromatic heterocycles. The Morgan fingerprint density at radius 1 is 0.875 bits per heavy atom. The third kappa shape index (κ3) is 7.22. The van der Waals surface area contributed by atoms with Crippen molar-refractivity contribution in [1.82, 2.24) is 9.97 Å². The van der Waals surface area contributed by atoms with Gasteiger partial charge in [0.15, 0.2) is 0 Å². The van der Waals surface area contributed by atoms with Crippen molar-refractivity contribution < 1.29 is 33.3 Å². The topological polar surface area (TPSA) is 117 Å². The molecule has 0 atom stereocenters. The Labute approximate surface area is 186 Å². The van der Waals surface area contributed by atoms with E-state index in [1.807, 2.05) is 0 Å². The molecule has 0 spiro atoms. The first kappa shape index (κ1) is 24.6. The molecule has 0 N–H and O–H groups in total. The van der Waals surface area contributed by atoms with Crippen LogP contribution in [0.1, 0.15) is 51.9 Å². The normalized spacial score (nSPS) is 11.3. The van der Waals surface area contributed by atoms with Crippen LogP contribution in [0.15, 0.2) is 36.8 Å². The molecule has 0 aliphatic rings. The van der Waals surface area contributed by atoms with Crippen LogP contribution in [0.2, 0.25) is 0 Å². The molecular weight excluding hydrogens is 418 g/mol. The Morgan fingerprint density at radius 3 is 1.94 bits per heavy atom. The number of nitrogens with zero attached hydrogens (tertiary/aromatic N) is 3. The number of hydrogen-bond donors (Lipinski definition) is 0. The highest BCUT2D eigenvalue weighted by atomic mass is 16.6. The van der Waals surface area contributed by atoms with Crippen molar-refractivity contribution in [3.8, 4) is 11.6 Å². The summed E-state index contributed by atoms with van der Waals surface area (Å²) in [6.45, 7) is 10.1. The number of carbonyl (C=O) groups excluding carboxylic acids is 3. The van der Waals surface area contributed by atoms with E-state index in [1.54, 1.807) is 41.5 Å². The smallest absolute Gasteiger partial charge is 0.424 e. The van der Waals surface area contributed by atoms with Crippen molar-refractivity contribution in [1.29, 1.82) is 0 Å². The molecule has 0 fully saturated rings. The first-order chi connectivity index (χ1) is 14.8. The van der Waals surface area contributed by atoms with E-state index in [1.165, 1.54) is 43.9 Å². The lowest BCUT2D eigenvalue weighted by Crippen LogP contribution is -2.43. The number of carbonyl (C=O) groups is 3. The molecule has 10 nitrogen and oxygen atoms in total. The van der Waals surface area contributed by atoms with E-state index in [-0.39, 0.29) is 22.9 Å². The SMILES string of the molecule is COC(=O)c1cncc(Oc2ccc(N(C(=O)OC(C)(C)C)C(=O)OC(C)(C)C)cn2)c1. The highest BCUT2D eigenvalue weighted by molar-refractivity contribution is 6.09. The van der Waals surface area contributed by atoms with Gasteiger partial charge in [0, 0.05) is 12.3 Å². The molecule has 0 radical (unpaired) electrons. The van der Waals surface area contributed by atoms with Gasteiger partial charge in [0.1, 0.15) is 17.0 Å². The third-order valence-electron chi connectivity index (χ3n) is 3.49. The molecule has 172 valence electrons. The molecule has 2 amide bonds. The first-order valence-electron chi connectivity index (χ1n) is 9.72. The second-order valence-corrected chi connectivity index (χ2v) is 8.65. The molecule has 2 heterocycles. The van der Waals surface area contributed by atoms with E-state index in [0.29, 0.717) is 0 Å². The third-order valence-corrected chi connectivity index (χ3v) is 3.49. The second kappa shape index (κ2) is 9.63. The maximum Gasteiger partial charge on any atom is 0.424 e. The molecule has 2 rings (SSSR count). The molecular formula is C22H27N3O7. The summed E-state index contributed by atoms with van der Waals surface area (Å²) in [5, 5.41) is 0. The van der Waals surface area contributed by atoms with Gasteiger partial charge >= 0.3 is 18.2 Å². The highest BCUT2D eigenvalue weighted by Crippen LogP contribution is 2.25. The van der Waals surface area contributed by atoms with Crippen LogP contribution >= 0.6 is 0 Å². The Morgan fingerprint density at radius 2 is 1.47 bits per heavy atom. The monoisotopic (exact) mass is 445 g/mol. The van der Waals surface area contributed by atoms with Gasteiger partial charge in [-0.25, -0.2) is 19.4 Å². The van der Waals surface area contributed by atoms with Crippen LogP contribution in [0.25, 0.3) is 0 Å². The van der Waals surface area contributed by atoms with E-state index >= 15 is 0 Å². The van der Waals surface area contributed by atoms with Crippen molar-refractivity contribution >= 4 is 23.8 Å². The summed E-state index contributed by atoms with van der Waals surface area (Å²) in [4.78, 5) is 45.8. The predicted molar refractivity (Wildman–Crippen MR) is 115 cm³/mol. The fourth-order valence-corrected chi connectivity index (χ4v) is 2.29. The lowest BCUT2D eigenvalue weighted by Gasteiger charge is -2.28. The Bertz CT molecular complexity index is 948. The van der Waals surface area contributed by atoms with Crippen molar-refractivity contribution in [2.45, 2.75) is 52.7 Å². The van der Waals surface area contributed by atoms with Crippen LogP contribution in [0, 0.1) is 0 Å². The summed E-state index contributed by atoms with van der Waals surface area (Å²) < 4.78 is 20.9. The number of aromatic nitrogens is 2. The molecule has 0 unspecified atom stereocenters. The van der Waals surface area contributed by atoms with Crippen LogP contribution < -0.4 is 9.64 Å². The van der Waals surface area contributed by atoms with Gasteiger partial charge in [-0.1, -0.05) is 0 Å². The number of imide groups is 1. The molecule has 2 aromatic rings. The molecule has 0 aliphatic heterocycles. The van der Waals surface area contributed by atoms with Gasteiger partial charge in [0.05, 0.1) is 30.8 Å². The second-order valence-electron chi connectivity index (χ2n) is 8.65. The average molecular weight is 445 g/mol. The number of pyridine rings is 2. The summed E-state index contributed by atoms with van der Waals surface area (Å²) in [5.41, 5.74) is -1.32. The molecule has 0 bridgehead atoms. The highest BCUT2D eigenvalue weighted by Gasteiger charge is 2.32. The van der Waals surface area contributed by atoms with E-state index in [2.05, 4.69) is 14.7 Å². The largest absolute Gasteiger partial charge is 0.465 e. The zero-order chi connectivity index (χ0) is 24.1. The molecule has 0 saturated carbocycles. The molecule has 0 aromatic carbocycles. The van der Waals surface area contributed by atoms with Crippen molar-refractivity contribution in [3.05, 3.63) is 42.4 Å². The standard InChI is InChI=1S/C22H27N3O7/c1-21(2,3)31-19(27)25(20(28)32-22(4,5)6)15-8-9-17(24-12-15)30-16-10-14(11-23-13-16)18(26)29-7/h8-13H,1-7H3. The van der Waals surface area contributed by atoms with Crippen LogP contribution in [0.3, 0.4) is 0 Å². The van der Waals surface area contributed by atoms with Gasteiger partial charge in [-0.05, 0) is 53.7 Å². The van der Waals surface area contributed by atoms with Crippen molar-refractivity contribution in [3.63, 3.8) is 0 Å². The van der Waals surface area contributed by atoms with Gasteiger partial charge in [-0.15, -0.1) is 0 Å². The van der Waals surface area contributed by atoms with Gasteiger partial charge in [0.2, 0.25) is 5.88 Å². The minimum atomic E-state index is -0.905. The van der Waals surface area contributed by atoms with Gasteiger partial charge < -0.3 is 18.9 Å². The van der Waals surface area contributed by atoms with Gasteiger partial charge in [-0.3, -0.25) is 4.98 Å². The van der Waals surface area contributed by atoms with E-state index in [4.69, 9.17) is 14.2 Å². The Hall–Kier alpha value is -3.69. The number of anilines is 1. The number of hydrogen-bond acceptors (Lipinski definition) is 9. The van der Waals surface area contributed by atoms with Crippen molar-refractivity contribution in [2.75, 3.05) is 12.0 Å². The number of esters is 1. The van der Waals surface area contributed by atoms with Crippen molar-refractivity contribution in [2.24, 2.45) is 0 Å². The van der Waals surface area contributed by atoms with Crippen LogP contribution in [0.4, 0.5) is 15.3 Å². The predicted octanol–water partition coefficient (Wildman–Crippen LogP) is 4.73. The first-order valence-corrected chi connectivity index (χ1v) is 9.72.